The average Bonchev–Trinajstić information content (AvgIpc) is 2.43. The van der Waals surface area contributed by atoms with Gasteiger partial charge in [0.1, 0.15) is 42.2 Å². The topological polar surface area (TPSA) is 186 Å². The Morgan fingerprint density at radius 2 is 1.67 bits per heavy atom. The summed E-state index contributed by atoms with van der Waals surface area (Å²) in [5, 5.41) is 5.59. The summed E-state index contributed by atoms with van der Waals surface area (Å²) >= 11 is 0. The Labute approximate surface area is 476 Å². The first-order valence-electron chi connectivity index (χ1n) is 29.7. The number of nitrogens with one attached hydrogen (secondary N) is 2. The van der Waals surface area contributed by atoms with E-state index in [1.54, 1.807) is 19.1 Å². The van der Waals surface area contributed by atoms with E-state index < -0.39 is 76.7 Å². The van der Waals surface area contributed by atoms with Gasteiger partial charge in [0.15, 0.2) is 0 Å². The van der Waals surface area contributed by atoms with Crippen LogP contribution in [0.5, 0.6) is 5.75 Å². The van der Waals surface area contributed by atoms with Crippen LogP contribution in [0.15, 0.2) is 48.7 Å². The molecule has 436 valence electrons. The first-order chi connectivity index (χ1) is 38.6. The number of cyclic esters (lactones) is 1. The Kier molecular flexibility index (Phi) is 15.4. The second-order valence-electron chi connectivity index (χ2n) is 26.1. The van der Waals surface area contributed by atoms with Crippen molar-refractivity contribution in [2.24, 2.45) is 17.3 Å². The smallest absolute Gasteiger partial charge is 0.410 e. The zero-order valence-electron chi connectivity index (χ0n) is 49.4. The van der Waals surface area contributed by atoms with Crippen LogP contribution in [0.2, 0.25) is 0 Å². The lowest BCUT2D eigenvalue weighted by Gasteiger charge is -2.44. The van der Waals surface area contributed by atoms with E-state index in [1.165, 1.54) is 22.8 Å². The molecule has 4 aromatic rings. The van der Waals surface area contributed by atoms with Gasteiger partial charge in [0.2, 0.25) is 11.8 Å². The summed E-state index contributed by atoms with van der Waals surface area (Å²) in [5.41, 5.74) is 9.56. The highest BCUT2D eigenvalue weighted by atomic mass is 16.6. The molecule has 2 N–H and O–H groups in total. The van der Waals surface area contributed by atoms with Crippen LogP contribution in [-0.4, -0.2) is 156 Å². The number of nitrogens with zero attached hydrogens (tertiary/aromatic N) is 6. The van der Waals surface area contributed by atoms with Crippen LogP contribution in [0.1, 0.15) is 141 Å². The summed E-state index contributed by atoms with van der Waals surface area (Å²) in [5.74, 6) is -2.31. The highest BCUT2D eigenvalue weighted by molar-refractivity contribution is 5.97. The molecule has 4 amide bonds. The van der Waals surface area contributed by atoms with Crippen molar-refractivity contribution in [1.29, 1.82) is 0 Å². The number of esters is 1. The number of likely N-dealkylation sites (tertiary alicyclic amines) is 2. The van der Waals surface area contributed by atoms with Crippen LogP contribution >= 0.6 is 0 Å². The minimum absolute atomic E-state index is 0.00380. The van der Waals surface area contributed by atoms with Gasteiger partial charge in [0.05, 0.1) is 35.6 Å². The van der Waals surface area contributed by atoms with E-state index in [0.717, 1.165) is 76.0 Å². The molecule has 2 unspecified atom stereocenters. The van der Waals surface area contributed by atoms with E-state index in [-0.39, 0.29) is 50.5 Å². The molecular formula is C63H84N8O10. The van der Waals surface area contributed by atoms with Gasteiger partial charge < -0.3 is 48.3 Å². The number of benzene rings is 2. The third-order valence-corrected chi connectivity index (χ3v) is 18.6. The molecule has 7 atom stereocenters. The van der Waals surface area contributed by atoms with Crippen molar-refractivity contribution in [3.63, 3.8) is 0 Å². The first-order valence-corrected chi connectivity index (χ1v) is 29.7. The van der Waals surface area contributed by atoms with Gasteiger partial charge >= 0.3 is 12.1 Å². The number of aryl methyl sites for hydroxylation is 1. The normalized spacial score (nSPS) is 27.1. The monoisotopic (exact) mass is 1110 g/mol. The number of amides is 4. The van der Waals surface area contributed by atoms with E-state index >= 15 is 4.79 Å². The summed E-state index contributed by atoms with van der Waals surface area (Å²) in [4.78, 5) is 84.6. The lowest BCUT2D eigenvalue weighted by molar-refractivity contribution is -0.156. The molecule has 7 heterocycles. The van der Waals surface area contributed by atoms with Crippen LogP contribution in [0.3, 0.4) is 0 Å². The Morgan fingerprint density at radius 1 is 0.901 bits per heavy atom. The quantitative estimate of drug-likeness (QED) is 0.169. The van der Waals surface area contributed by atoms with Crippen molar-refractivity contribution in [3.8, 4) is 28.1 Å². The van der Waals surface area contributed by atoms with Crippen LogP contribution in [0.4, 0.5) is 4.79 Å². The number of hydrogen-bond acceptors (Lipinski definition) is 13. The van der Waals surface area contributed by atoms with E-state index in [9.17, 15) is 19.2 Å². The minimum Gasteiger partial charge on any atom is -0.491 e. The lowest BCUT2D eigenvalue weighted by atomic mass is 9.67. The molecule has 5 aliphatic heterocycles. The Hall–Kier alpha value is -6.08. The molecule has 3 saturated heterocycles. The van der Waals surface area contributed by atoms with Crippen molar-refractivity contribution >= 4 is 40.7 Å². The van der Waals surface area contributed by atoms with E-state index in [2.05, 4.69) is 71.3 Å². The van der Waals surface area contributed by atoms with E-state index in [1.807, 2.05) is 60.1 Å². The highest BCUT2D eigenvalue weighted by Gasteiger charge is 2.50. The third-order valence-electron chi connectivity index (χ3n) is 18.6. The number of carbonyl (C=O) groups is 5. The van der Waals surface area contributed by atoms with Gasteiger partial charge in [-0.25, -0.2) is 10.2 Å². The molecule has 7 aliphatic rings. The number of carbonyl (C=O) groups excluding carboxylic acids is 5. The van der Waals surface area contributed by atoms with Crippen molar-refractivity contribution in [2.75, 3.05) is 60.7 Å². The fourth-order valence-electron chi connectivity index (χ4n) is 14.2. The van der Waals surface area contributed by atoms with Crippen molar-refractivity contribution in [2.45, 2.75) is 173 Å². The molecule has 2 aromatic heterocycles. The summed E-state index contributed by atoms with van der Waals surface area (Å²) in [6.45, 7) is 19.0. The number of fused-ring (bicyclic) bond motifs is 10. The number of rotatable bonds is 7. The molecule has 2 aromatic carbocycles. The van der Waals surface area contributed by atoms with Crippen LogP contribution in [0, 0.1) is 17.3 Å². The van der Waals surface area contributed by atoms with Gasteiger partial charge in [-0.1, -0.05) is 39.8 Å². The molecule has 18 heteroatoms. The Bertz CT molecular complexity index is 3100. The zero-order chi connectivity index (χ0) is 57.4. The molecule has 81 heavy (non-hydrogen) atoms. The standard InChI is InChI=1S/C63H84N8O10/c1-12-69-48-18-15-38-31-44(48)51-52(55(77-10)53-45(54(51)69)32-40(33-64-53)63(78-11)20-24-68(25-21-63)41-16-17-41)62(7,8)35-80-59(75)46-14-13-22-71(66-46)58(74)47-29-37-27-39(38)30-42(28-37)79-34-50-43(19-23-70(50)60(76)81-61(4,5)6)57(73)67(9)49(26-36(2)3)56(72)65-47/h15,18,27-28,30-33,36,41,43,46-47,49-50,52,55,66H,12-14,16-17,19-26,29,34-35H2,1-11H3,(H,65,72)/t43-,46-,47?,49-,50+,52?,55-/m0/s1. The second-order valence-corrected chi connectivity index (χ2v) is 26.1. The maximum Gasteiger partial charge on any atom is 0.410 e. The molecule has 8 bridgehead atoms. The number of pyridine rings is 1. The molecule has 0 radical (unpaired) electrons. The fraction of sp³-hybridized carbons (Fsp3) is 0.619. The average molecular weight is 1110 g/mol. The van der Waals surface area contributed by atoms with Crippen molar-refractivity contribution < 1.29 is 47.7 Å². The SMILES string of the molecule is CCn1c2c3c4cc(ccc41)-c1cc4cc(c1)OC[C@@H]1[C@H](CCN1C(=O)OC(C)(C)C)C(=O)N(C)[C@@H](CC(C)C)C(=O)NC(C4)C(=O)N1CCC[C@H](N1)C(=O)OCC(C)(C)C3[C@H](OC)c1ncc(C3(OC)CCN(C4CC4)CC3)cc1-2. The summed E-state index contributed by atoms with van der Waals surface area (Å²) in [7, 11) is 5.19. The largest absolute Gasteiger partial charge is 0.491 e. The highest BCUT2D eigenvalue weighted by Crippen LogP contribution is 2.58. The van der Waals surface area contributed by atoms with Gasteiger partial charge in [-0.15, -0.1) is 0 Å². The maximum atomic E-state index is 15.2. The number of hydrazine groups is 1. The summed E-state index contributed by atoms with van der Waals surface area (Å²) < 4.78 is 34.8. The van der Waals surface area contributed by atoms with Gasteiger partial charge in [-0.3, -0.25) is 29.2 Å². The van der Waals surface area contributed by atoms with Crippen molar-refractivity contribution in [3.05, 3.63) is 71.0 Å². The predicted molar refractivity (Wildman–Crippen MR) is 306 cm³/mol. The predicted octanol–water partition coefficient (Wildman–Crippen LogP) is 8.27. The van der Waals surface area contributed by atoms with Gasteiger partial charge in [-0.05, 0) is 138 Å². The van der Waals surface area contributed by atoms with E-state index in [0.29, 0.717) is 49.6 Å². The van der Waals surface area contributed by atoms with Gasteiger partial charge in [0.25, 0.3) is 5.91 Å². The van der Waals surface area contributed by atoms with Crippen LogP contribution in [-0.2, 0) is 56.7 Å². The number of hydrogen-bond donors (Lipinski definition) is 2. The van der Waals surface area contributed by atoms with Crippen LogP contribution < -0.4 is 15.5 Å². The molecule has 4 fully saturated rings. The summed E-state index contributed by atoms with van der Waals surface area (Å²) in [6.07, 6.45) is 6.80. The fourth-order valence-corrected chi connectivity index (χ4v) is 14.2. The number of likely N-dealkylation sites (N-methyl/N-ethyl adjacent to an activating group) is 1. The summed E-state index contributed by atoms with van der Waals surface area (Å²) in [6, 6.07) is 11.8. The second kappa shape index (κ2) is 21.9. The minimum atomic E-state index is -1.12. The van der Waals surface area contributed by atoms with Gasteiger partial charge in [-0.2, -0.15) is 0 Å². The number of methoxy groups -OCH3 is 2. The Balaban J connectivity index is 1.09. The number of piperidine rings is 1. The molecule has 2 aliphatic carbocycles. The molecular weight excluding hydrogens is 1030 g/mol. The number of aromatic nitrogens is 2. The van der Waals surface area contributed by atoms with Crippen molar-refractivity contribution in [1.82, 2.24) is 40.0 Å². The third kappa shape index (κ3) is 10.7. The Morgan fingerprint density at radius 3 is 2.36 bits per heavy atom. The zero-order valence-corrected chi connectivity index (χ0v) is 49.4. The molecule has 11 rings (SSSR count). The molecule has 0 spiro atoms. The lowest BCUT2D eigenvalue weighted by Crippen LogP contribution is -2.62. The van der Waals surface area contributed by atoms with E-state index in [4.69, 9.17) is 28.7 Å². The molecule has 18 nitrogen and oxygen atoms in total. The van der Waals surface area contributed by atoms with Gasteiger partial charge in [0, 0.05) is 106 Å². The molecule has 1 saturated carbocycles. The van der Waals surface area contributed by atoms with Crippen LogP contribution in [0.25, 0.3) is 33.3 Å². The first kappa shape index (κ1) is 56.8. The maximum absolute atomic E-state index is 15.2. The number of ether oxygens (including phenoxy) is 5.